The molecule has 0 aliphatic carbocycles. The van der Waals surface area contributed by atoms with Gasteiger partial charge in [-0.1, -0.05) is 18.2 Å². The Morgan fingerprint density at radius 3 is 3.05 bits per heavy atom. The standard InChI is InChI=1S/C15H14N4O/c16-8-12-7-13(17)9-18-15(12)19-5-6-20-14-4-2-1-3-11(14)10-19/h1-4,7,9H,5-6,10,17H2. The number of fused-ring (bicyclic) bond motifs is 1. The van der Waals surface area contributed by atoms with Crippen molar-refractivity contribution in [3.63, 3.8) is 0 Å². The topological polar surface area (TPSA) is 75.2 Å². The Bertz CT molecular complexity index is 678. The first kappa shape index (κ1) is 12.3. The summed E-state index contributed by atoms with van der Waals surface area (Å²) in [6, 6.07) is 11.7. The summed E-state index contributed by atoms with van der Waals surface area (Å²) >= 11 is 0. The number of nitrogen functional groups attached to an aromatic ring is 1. The molecule has 0 saturated carbocycles. The van der Waals surface area contributed by atoms with Crippen molar-refractivity contribution < 1.29 is 4.74 Å². The third-order valence-electron chi connectivity index (χ3n) is 3.26. The van der Waals surface area contributed by atoms with E-state index in [4.69, 9.17) is 10.5 Å². The molecule has 0 amide bonds. The van der Waals surface area contributed by atoms with Crippen molar-refractivity contribution >= 4 is 11.5 Å². The minimum absolute atomic E-state index is 0.490. The van der Waals surface area contributed by atoms with E-state index in [9.17, 15) is 5.26 Å². The van der Waals surface area contributed by atoms with Crippen LogP contribution in [0.4, 0.5) is 11.5 Å². The van der Waals surface area contributed by atoms with Gasteiger partial charge in [-0.05, 0) is 12.1 Å². The van der Waals surface area contributed by atoms with E-state index in [1.54, 1.807) is 12.3 Å². The number of nitrogens with two attached hydrogens (primary N) is 1. The molecule has 0 unspecified atom stereocenters. The van der Waals surface area contributed by atoms with E-state index in [1.165, 1.54) is 0 Å². The largest absolute Gasteiger partial charge is 0.491 e. The van der Waals surface area contributed by atoms with Crippen LogP contribution in [0.2, 0.25) is 0 Å². The van der Waals surface area contributed by atoms with Crippen molar-refractivity contribution in [1.29, 1.82) is 5.26 Å². The number of rotatable bonds is 1. The summed E-state index contributed by atoms with van der Waals surface area (Å²) < 4.78 is 5.72. The van der Waals surface area contributed by atoms with E-state index in [0.29, 0.717) is 36.8 Å². The maximum Gasteiger partial charge on any atom is 0.147 e. The van der Waals surface area contributed by atoms with Gasteiger partial charge >= 0.3 is 0 Å². The van der Waals surface area contributed by atoms with Crippen molar-refractivity contribution in [2.75, 3.05) is 23.8 Å². The number of anilines is 2. The van der Waals surface area contributed by atoms with E-state index in [0.717, 1.165) is 11.3 Å². The summed E-state index contributed by atoms with van der Waals surface area (Å²) in [5, 5.41) is 9.24. The lowest BCUT2D eigenvalue weighted by atomic mass is 10.1. The summed E-state index contributed by atoms with van der Waals surface area (Å²) in [6.07, 6.45) is 1.58. The molecule has 100 valence electrons. The molecule has 0 bridgehead atoms. The molecule has 2 heterocycles. The Morgan fingerprint density at radius 2 is 2.20 bits per heavy atom. The highest BCUT2D eigenvalue weighted by atomic mass is 16.5. The van der Waals surface area contributed by atoms with Gasteiger partial charge in [0.1, 0.15) is 24.2 Å². The average molecular weight is 266 g/mol. The first-order valence-corrected chi connectivity index (χ1v) is 6.39. The third kappa shape index (κ3) is 2.24. The molecule has 2 aromatic rings. The van der Waals surface area contributed by atoms with Gasteiger partial charge in [0, 0.05) is 12.1 Å². The zero-order valence-electron chi connectivity index (χ0n) is 10.9. The zero-order chi connectivity index (χ0) is 13.9. The fraction of sp³-hybridized carbons (Fsp3) is 0.200. The van der Waals surface area contributed by atoms with Crippen LogP contribution in [-0.4, -0.2) is 18.1 Å². The van der Waals surface area contributed by atoms with Crippen LogP contribution in [0.1, 0.15) is 11.1 Å². The Labute approximate surface area is 117 Å². The maximum atomic E-state index is 9.24. The van der Waals surface area contributed by atoms with Gasteiger partial charge in [0.2, 0.25) is 0 Å². The van der Waals surface area contributed by atoms with Crippen LogP contribution in [0.15, 0.2) is 36.5 Å². The highest BCUT2D eigenvalue weighted by molar-refractivity contribution is 5.59. The van der Waals surface area contributed by atoms with Gasteiger partial charge in [0.25, 0.3) is 0 Å². The van der Waals surface area contributed by atoms with E-state index in [1.807, 2.05) is 29.2 Å². The van der Waals surface area contributed by atoms with Gasteiger partial charge in [-0.3, -0.25) is 0 Å². The predicted octanol–water partition coefficient (Wildman–Crippen LogP) is 1.93. The number of aromatic nitrogens is 1. The Morgan fingerprint density at radius 1 is 1.35 bits per heavy atom. The molecule has 0 saturated heterocycles. The number of pyridine rings is 1. The van der Waals surface area contributed by atoms with Crippen molar-refractivity contribution in [3.8, 4) is 11.8 Å². The van der Waals surface area contributed by atoms with Crippen molar-refractivity contribution in [3.05, 3.63) is 47.7 Å². The minimum atomic E-state index is 0.490. The number of para-hydroxylation sites is 1. The van der Waals surface area contributed by atoms with E-state index in [-0.39, 0.29) is 0 Å². The maximum absolute atomic E-state index is 9.24. The molecule has 3 rings (SSSR count). The average Bonchev–Trinajstić information content (AvgIpc) is 2.69. The number of benzene rings is 1. The van der Waals surface area contributed by atoms with Crippen LogP contribution in [0.3, 0.4) is 0 Å². The smallest absolute Gasteiger partial charge is 0.147 e. The van der Waals surface area contributed by atoms with Crippen molar-refractivity contribution in [2.24, 2.45) is 0 Å². The molecular weight excluding hydrogens is 252 g/mol. The summed E-state index contributed by atoms with van der Waals surface area (Å²) in [5.74, 6) is 1.55. The van der Waals surface area contributed by atoms with Gasteiger partial charge in [-0.25, -0.2) is 4.98 Å². The van der Waals surface area contributed by atoms with Crippen LogP contribution >= 0.6 is 0 Å². The van der Waals surface area contributed by atoms with Gasteiger partial charge in [0.05, 0.1) is 24.0 Å². The van der Waals surface area contributed by atoms with Crippen LogP contribution in [-0.2, 0) is 6.54 Å². The number of hydrogen-bond donors (Lipinski definition) is 1. The highest BCUT2D eigenvalue weighted by Gasteiger charge is 2.18. The van der Waals surface area contributed by atoms with Crippen molar-refractivity contribution in [2.45, 2.75) is 6.54 Å². The molecule has 1 aromatic carbocycles. The van der Waals surface area contributed by atoms with Gasteiger partial charge in [0.15, 0.2) is 0 Å². The SMILES string of the molecule is N#Cc1cc(N)cnc1N1CCOc2ccccc2C1. The Hall–Kier alpha value is -2.74. The van der Waals surface area contributed by atoms with E-state index < -0.39 is 0 Å². The Balaban J connectivity index is 1.98. The van der Waals surface area contributed by atoms with Crippen molar-refractivity contribution in [1.82, 2.24) is 4.98 Å². The molecule has 0 radical (unpaired) electrons. The second-order valence-electron chi connectivity index (χ2n) is 4.63. The van der Waals surface area contributed by atoms with Crippen LogP contribution in [0.25, 0.3) is 0 Å². The lowest BCUT2D eigenvalue weighted by Gasteiger charge is -2.21. The minimum Gasteiger partial charge on any atom is -0.491 e. The molecule has 5 heteroatoms. The molecule has 1 aliphatic rings. The molecule has 0 atom stereocenters. The first-order chi connectivity index (χ1) is 9.78. The lowest BCUT2D eigenvalue weighted by molar-refractivity contribution is 0.331. The molecule has 1 aliphatic heterocycles. The zero-order valence-corrected chi connectivity index (χ0v) is 10.9. The monoisotopic (exact) mass is 266 g/mol. The van der Waals surface area contributed by atoms with E-state index >= 15 is 0 Å². The fourth-order valence-electron chi connectivity index (χ4n) is 2.31. The number of nitrogens with zero attached hydrogens (tertiary/aromatic N) is 3. The van der Waals surface area contributed by atoms with Crippen LogP contribution in [0, 0.1) is 11.3 Å². The molecule has 5 nitrogen and oxygen atoms in total. The number of hydrogen-bond acceptors (Lipinski definition) is 5. The second-order valence-corrected chi connectivity index (χ2v) is 4.63. The number of ether oxygens (including phenoxy) is 1. The summed E-state index contributed by atoms with van der Waals surface area (Å²) in [4.78, 5) is 6.36. The number of nitriles is 1. The van der Waals surface area contributed by atoms with Gasteiger partial charge in [-0.2, -0.15) is 5.26 Å². The fourth-order valence-corrected chi connectivity index (χ4v) is 2.31. The first-order valence-electron chi connectivity index (χ1n) is 6.39. The summed E-state index contributed by atoms with van der Waals surface area (Å²) in [5.41, 5.74) is 7.76. The molecular formula is C15H14N4O. The normalized spacial score (nSPS) is 13.8. The van der Waals surface area contributed by atoms with Gasteiger partial charge < -0.3 is 15.4 Å². The quantitative estimate of drug-likeness (QED) is 0.853. The molecule has 0 fully saturated rings. The predicted molar refractivity (Wildman–Crippen MR) is 76.4 cm³/mol. The van der Waals surface area contributed by atoms with Gasteiger partial charge in [-0.15, -0.1) is 0 Å². The second kappa shape index (κ2) is 5.10. The Kier molecular flexibility index (Phi) is 3.13. The summed E-state index contributed by atoms with van der Waals surface area (Å²) in [7, 11) is 0. The highest BCUT2D eigenvalue weighted by Crippen LogP contribution is 2.27. The van der Waals surface area contributed by atoms with Crippen LogP contribution < -0.4 is 15.4 Å². The lowest BCUT2D eigenvalue weighted by Crippen LogP contribution is -2.27. The molecule has 0 spiro atoms. The van der Waals surface area contributed by atoms with Crippen LogP contribution in [0.5, 0.6) is 5.75 Å². The van der Waals surface area contributed by atoms with E-state index in [2.05, 4.69) is 11.1 Å². The molecule has 2 N–H and O–H groups in total. The molecule has 1 aromatic heterocycles. The summed E-state index contributed by atoms with van der Waals surface area (Å²) in [6.45, 7) is 1.91. The molecule has 20 heavy (non-hydrogen) atoms. The third-order valence-corrected chi connectivity index (χ3v) is 3.26.